The maximum Gasteiger partial charge on any atom is 0.336 e. The minimum atomic E-state index is -0.914. The van der Waals surface area contributed by atoms with Gasteiger partial charge in [0.1, 0.15) is 0 Å². The molecule has 0 fully saturated rings. The summed E-state index contributed by atoms with van der Waals surface area (Å²) in [5.74, 6) is -0.914. The average Bonchev–Trinajstić information content (AvgIpc) is 2.30. The second-order valence-electron chi connectivity index (χ2n) is 3.09. The molecule has 74 valence electrons. The predicted molar refractivity (Wildman–Crippen MR) is 56.6 cm³/mol. The van der Waals surface area contributed by atoms with Crippen molar-refractivity contribution in [3.63, 3.8) is 0 Å². The van der Waals surface area contributed by atoms with Gasteiger partial charge in [-0.05, 0) is 29.3 Å². The van der Waals surface area contributed by atoms with E-state index in [0.717, 1.165) is 5.56 Å². The topological polar surface area (TPSA) is 50.2 Å². The lowest BCUT2D eigenvalue weighted by molar-refractivity contribution is 0.0698. The Bertz CT molecular complexity index is 480. The van der Waals surface area contributed by atoms with Crippen molar-refractivity contribution in [2.24, 2.45) is 0 Å². The van der Waals surface area contributed by atoms with Crippen molar-refractivity contribution in [3.05, 3.63) is 54.4 Å². The fourth-order valence-electron chi connectivity index (χ4n) is 1.45. The van der Waals surface area contributed by atoms with E-state index in [0.29, 0.717) is 11.1 Å². The minimum absolute atomic E-state index is 0.309. The largest absolute Gasteiger partial charge is 0.478 e. The number of pyridine rings is 1. The molecule has 0 unspecified atom stereocenters. The van der Waals surface area contributed by atoms with E-state index in [1.54, 1.807) is 42.7 Å². The molecule has 3 heteroatoms. The number of nitrogens with zero attached hydrogens (tertiary/aromatic N) is 1. The Hall–Kier alpha value is -2.16. The Morgan fingerprint density at radius 1 is 1.07 bits per heavy atom. The van der Waals surface area contributed by atoms with Crippen LogP contribution < -0.4 is 0 Å². The second kappa shape index (κ2) is 3.92. The highest BCUT2D eigenvalue weighted by Gasteiger charge is 2.09. The fourth-order valence-corrected chi connectivity index (χ4v) is 1.45. The zero-order valence-corrected chi connectivity index (χ0v) is 7.92. The molecule has 1 heterocycles. The van der Waals surface area contributed by atoms with Crippen molar-refractivity contribution in [2.45, 2.75) is 0 Å². The van der Waals surface area contributed by atoms with E-state index in [2.05, 4.69) is 4.98 Å². The molecule has 1 N–H and O–H groups in total. The highest BCUT2D eigenvalue weighted by atomic mass is 16.4. The van der Waals surface area contributed by atoms with Gasteiger partial charge >= 0.3 is 5.97 Å². The Labute approximate surface area is 87.0 Å². The number of rotatable bonds is 2. The number of aromatic carboxylic acids is 1. The van der Waals surface area contributed by atoms with E-state index in [9.17, 15) is 4.79 Å². The number of hydrogen-bond donors (Lipinski definition) is 1. The van der Waals surface area contributed by atoms with Gasteiger partial charge in [0.25, 0.3) is 0 Å². The quantitative estimate of drug-likeness (QED) is 0.808. The third-order valence-corrected chi connectivity index (χ3v) is 2.15. The van der Waals surface area contributed by atoms with Crippen molar-refractivity contribution in [2.75, 3.05) is 0 Å². The lowest BCUT2D eigenvalue weighted by atomic mass is 10.0. The smallest absolute Gasteiger partial charge is 0.336 e. The zero-order valence-electron chi connectivity index (χ0n) is 7.92. The Morgan fingerprint density at radius 2 is 1.73 bits per heavy atom. The molecule has 0 amide bonds. The van der Waals surface area contributed by atoms with Gasteiger partial charge in [-0.1, -0.05) is 18.2 Å². The summed E-state index contributed by atoms with van der Waals surface area (Å²) in [7, 11) is 0. The van der Waals surface area contributed by atoms with Gasteiger partial charge in [-0.15, -0.1) is 0 Å². The molecule has 0 aliphatic heterocycles. The van der Waals surface area contributed by atoms with Gasteiger partial charge in [0.05, 0.1) is 5.56 Å². The van der Waals surface area contributed by atoms with Crippen molar-refractivity contribution in [3.8, 4) is 11.1 Å². The van der Waals surface area contributed by atoms with Crippen LogP contribution in [0.5, 0.6) is 0 Å². The SMILES string of the molecule is O=C(O)c1ccccc1-c1ccncc1. The molecule has 0 saturated carbocycles. The summed E-state index contributed by atoms with van der Waals surface area (Å²) in [5.41, 5.74) is 1.89. The Balaban J connectivity index is 2.58. The molecule has 1 aromatic heterocycles. The van der Waals surface area contributed by atoms with E-state index in [1.165, 1.54) is 0 Å². The van der Waals surface area contributed by atoms with E-state index in [4.69, 9.17) is 5.11 Å². The monoisotopic (exact) mass is 199 g/mol. The van der Waals surface area contributed by atoms with Crippen molar-refractivity contribution in [1.82, 2.24) is 4.98 Å². The van der Waals surface area contributed by atoms with Crippen LogP contribution in [-0.2, 0) is 0 Å². The maximum absolute atomic E-state index is 11.0. The molecule has 0 aliphatic carbocycles. The molecule has 2 aromatic rings. The van der Waals surface area contributed by atoms with Crippen LogP contribution >= 0.6 is 0 Å². The lowest BCUT2D eigenvalue weighted by Crippen LogP contribution is -1.98. The third-order valence-electron chi connectivity index (χ3n) is 2.15. The molecule has 3 nitrogen and oxygen atoms in total. The molecule has 0 saturated heterocycles. The van der Waals surface area contributed by atoms with Gasteiger partial charge in [0.15, 0.2) is 0 Å². The van der Waals surface area contributed by atoms with Gasteiger partial charge in [-0.3, -0.25) is 4.98 Å². The highest BCUT2D eigenvalue weighted by Crippen LogP contribution is 2.22. The minimum Gasteiger partial charge on any atom is -0.478 e. The van der Waals surface area contributed by atoms with Gasteiger partial charge in [-0.2, -0.15) is 0 Å². The summed E-state index contributed by atoms with van der Waals surface area (Å²) in [4.78, 5) is 14.9. The van der Waals surface area contributed by atoms with Crippen molar-refractivity contribution < 1.29 is 9.90 Å². The fraction of sp³-hybridized carbons (Fsp3) is 0. The summed E-state index contributed by atoms with van der Waals surface area (Å²) in [6.45, 7) is 0. The van der Waals surface area contributed by atoms with E-state index >= 15 is 0 Å². The third kappa shape index (κ3) is 1.86. The predicted octanol–water partition coefficient (Wildman–Crippen LogP) is 2.45. The van der Waals surface area contributed by atoms with Crippen LogP contribution in [-0.4, -0.2) is 16.1 Å². The first-order chi connectivity index (χ1) is 7.29. The molecule has 0 atom stereocenters. The molecule has 0 bridgehead atoms. The summed E-state index contributed by atoms with van der Waals surface area (Å²) in [6.07, 6.45) is 3.29. The summed E-state index contributed by atoms with van der Waals surface area (Å²) in [5, 5.41) is 9.01. The maximum atomic E-state index is 11.0. The summed E-state index contributed by atoms with van der Waals surface area (Å²) >= 11 is 0. The first-order valence-corrected chi connectivity index (χ1v) is 4.52. The molecule has 0 spiro atoms. The van der Waals surface area contributed by atoms with Crippen LogP contribution in [0.1, 0.15) is 10.4 Å². The second-order valence-corrected chi connectivity index (χ2v) is 3.09. The number of benzene rings is 1. The van der Waals surface area contributed by atoms with Crippen LogP contribution in [0, 0.1) is 0 Å². The van der Waals surface area contributed by atoms with Gasteiger partial charge < -0.3 is 5.11 Å². The van der Waals surface area contributed by atoms with E-state index < -0.39 is 5.97 Å². The molecule has 0 aliphatic rings. The van der Waals surface area contributed by atoms with E-state index in [1.807, 2.05) is 6.07 Å². The molecular formula is C12H9NO2. The summed E-state index contributed by atoms with van der Waals surface area (Å²) < 4.78 is 0. The molecule has 15 heavy (non-hydrogen) atoms. The molecular weight excluding hydrogens is 190 g/mol. The zero-order chi connectivity index (χ0) is 10.7. The van der Waals surface area contributed by atoms with Crippen molar-refractivity contribution >= 4 is 5.97 Å². The first-order valence-electron chi connectivity index (χ1n) is 4.52. The molecule has 2 rings (SSSR count). The lowest BCUT2D eigenvalue weighted by Gasteiger charge is -2.04. The van der Waals surface area contributed by atoms with Crippen LogP contribution in [0.3, 0.4) is 0 Å². The number of carbonyl (C=O) groups is 1. The highest BCUT2D eigenvalue weighted by molar-refractivity contribution is 5.95. The average molecular weight is 199 g/mol. The van der Waals surface area contributed by atoms with Crippen LogP contribution in [0.4, 0.5) is 0 Å². The Morgan fingerprint density at radius 3 is 2.40 bits per heavy atom. The van der Waals surface area contributed by atoms with Crippen LogP contribution in [0.2, 0.25) is 0 Å². The number of aromatic nitrogens is 1. The molecule has 1 aromatic carbocycles. The van der Waals surface area contributed by atoms with Gasteiger partial charge in [0, 0.05) is 12.4 Å². The normalized spacial score (nSPS) is 9.87. The van der Waals surface area contributed by atoms with E-state index in [-0.39, 0.29) is 0 Å². The van der Waals surface area contributed by atoms with Crippen molar-refractivity contribution in [1.29, 1.82) is 0 Å². The van der Waals surface area contributed by atoms with Gasteiger partial charge in [-0.25, -0.2) is 4.79 Å². The first kappa shape index (κ1) is 9.40. The number of carboxylic acid groups (broad SMARTS) is 1. The Kier molecular flexibility index (Phi) is 2.46. The number of carboxylic acids is 1. The summed E-state index contributed by atoms with van der Waals surface area (Å²) in [6, 6.07) is 10.5. The molecule has 0 radical (unpaired) electrons. The standard InChI is InChI=1S/C12H9NO2/c14-12(15)11-4-2-1-3-10(11)9-5-7-13-8-6-9/h1-8H,(H,14,15). The van der Waals surface area contributed by atoms with Crippen LogP contribution in [0.25, 0.3) is 11.1 Å². The number of hydrogen-bond acceptors (Lipinski definition) is 2. The van der Waals surface area contributed by atoms with Crippen LogP contribution in [0.15, 0.2) is 48.8 Å². The van der Waals surface area contributed by atoms with Gasteiger partial charge in [0.2, 0.25) is 0 Å².